The summed E-state index contributed by atoms with van der Waals surface area (Å²) in [7, 11) is 0. The number of hydrogen-bond donors (Lipinski definition) is 1. The Bertz CT molecular complexity index is 1450. The highest BCUT2D eigenvalue weighted by Gasteiger charge is 2.11. The van der Waals surface area contributed by atoms with Gasteiger partial charge in [0, 0.05) is 22.2 Å². The van der Waals surface area contributed by atoms with Crippen molar-refractivity contribution in [3.05, 3.63) is 73.8 Å². The molecule has 0 saturated carbocycles. The highest BCUT2D eigenvalue weighted by atomic mass is 32.2. The zero-order chi connectivity index (χ0) is 21.4. The Hall–Kier alpha value is -2.53. The van der Waals surface area contributed by atoms with E-state index in [1.165, 1.54) is 27.2 Å². The SMILES string of the molecule is CCc1nn2c(=O)cc(CSc3cc4ccc(NC(=O)c5cccs5)cc4s3)nc2s1. The summed E-state index contributed by atoms with van der Waals surface area (Å²) in [6.07, 6.45) is 0.787. The number of anilines is 1. The van der Waals surface area contributed by atoms with E-state index in [0.29, 0.717) is 15.6 Å². The molecule has 0 fully saturated rings. The first-order valence-corrected chi connectivity index (χ1v) is 13.0. The summed E-state index contributed by atoms with van der Waals surface area (Å²) < 4.78 is 3.62. The molecule has 0 bridgehead atoms. The van der Waals surface area contributed by atoms with E-state index in [1.807, 2.05) is 42.6 Å². The lowest BCUT2D eigenvalue weighted by atomic mass is 10.2. The summed E-state index contributed by atoms with van der Waals surface area (Å²) in [5, 5.41) is 11.2. The number of amides is 1. The molecule has 0 spiro atoms. The molecule has 0 atom stereocenters. The average molecular weight is 485 g/mol. The van der Waals surface area contributed by atoms with Crippen LogP contribution in [0.15, 0.2) is 56.8 Å². The van der Waals surface area contributed by atoms with E-state index in [1.54, 1.807) is 29.2 Å². The highest BCUT2D eigenvalue weighted by molar-refractivity contribution is 8.00. The van der Waals surface area contributed by atoms with E-state index in [-0.39, 0.29) is 11.5 Å². The van der Waals surface area contributed by atoms with Gasteiger partial charge in [0.05, 0.1) is 14.8 Å². The second-order valence-electron chi connectivity index (χ2n) is 6.67. The van der Waals surface area contributed by atoms with Gasteiger partial charge in [-0.1, -0.05) is 30.4 Å². The van der Waals surface area contributed by atoms with E-state index in [4.69, 9.17) is 0 Å². The predicted octanol–water partition coefficient (Wildman–Crippen LogP) is 5.53. The Kier molecular flexibility index (Phi) is 5.61. The largest absolute Gasteiger partial charge is 0.321 e. The Morgan fingerprint density at radius 2 is 2.10 bits per heavy atom. The maximum Gasteiger partial charge on any atom is 0.275 e. The highest BCUT2D eigenvalue weighted by Crippen LogP contribution is 2.35. The Balaban J connectivity index is 1.32. The van der Waals surface area contributed by atoms with Gasteiger partial charge in [-0.2, -0.15) is 9.61 Å². The summed E-state index contributed by atoms with van der Waals surface area (Å²) in [4.78, 5) is 30.5. The maximum atomic E-state index is 12.3. The molecule has 5 aromatic rings. The van der Waals surface area contributed by atoms with Crippen LogP contribution in [0.5, 0.6) is 0 Å². The molecule has 1 amide bonds. The minimum absolute atomic E-state index is 0.0949. The van der Waals surface area contributed by atoms with E-state index in [0.717, 1.165) is 37.1 Å². The molecule has 0 radical (unpaired) electrons. The van der Waals surface area contributed by atoms with Crippen molar-refractivity contribution >= 4 is 72.4 Å². The minimum atomic E-state index is -0.140. The molecule has 0 unspecified atom stereocenters. The Labute approximate surface area is 193 Å². The van der Waals surface area contributed by atoms with Gasteiger partial charge in [-0.05, 0) is 41.5 Å². The number of aryl methyl sites for hydroxylation is 1. The van der Waals surface area contributed by atoms with Gasteiger partial charge in [0.25, 0.3) is 11.5 Å². The summed E-state index contributed by atoms with van der Waals surface area (Å²) in [5.74, 6) is 0.516. The second kappa shape index (κ2) is 8.54. The summed E-state index contributed by atoms with van der Waals surface area (Å²) in [6, 6.07) is 13.3. The maximum absolute atomic E-state index is 12.3. The molecule has 0 aliphatic heterocycles. The number of carbonyl (C=O) groups excluding carboxylic acids is 1. The van der Waals surface area contributed by atoms with Crippen LogP contribution in [0.1, 0.15) is 27.3 Å². The van der Waals surface area contributed by atoms with Gasteiger partial charge in [0.2, 0.25) is 4.96 Å². The van der Waals surface area contributed by atoms with Crippen LogP contribution in [0.3, 0.4) is 0 Å². The van der Waals surface area contributed by atoms with Crippen molar-refractivity contribution in [2.75, 3.05) is 5.32 Å². The fraction of sp³-hybridized carbons (Fsp3) is 0.143. The van der Waals surface area contributed by atoms with Gasteiger partial charge < -0.3 is 5.32 Å². The third-order valence-electron chi connectivity index (χ3n) is 4.50. The van der Waals surface area contributed by atoms with Crippen molar-refractivity contribution in [2.45, 2.75) is 23.3 Å². The molecule has 156 valence electrons. The number of benzene rings is 1. The molecule has 0 aliphatic rings. The fourth-order valence-electron chi connectivity index (χ4n) is 3.01. The number of hydrogen-bond acceptors (Lipinski definition) is 8. The lowest BCUT2D eigenvalue weighted by molar-refractivity contribution is 0.103. The molecule has 6 nitrogen and oxygen atoms in total. The van der Waals surface area contributed by atoms with Crippen LogP contribution in [-0.2, 0) is 12.2 Å². The van der Waals surface area contributed by atoms with Crippen LogP contribution in [0.4, 0.5) is 5.69 Å². The monoisotopic (exact) mass is 484 g/mol. The molecule has 31 heavy (non-hydrogen) atoms. The molecule has 1 aromatic carbocycles. The lowest BCUT2D eigenvalue weighted by Crippen LogP contribution is -2.15. The smallest absolute Gasteiger partial charge is 0.275 e. The van der Waals surface area contributed by atoms with Crippen LogP contribution in [0.25, 0.3) is 15.0 Å². The second-order valence-corrected chi connectivity index (χ2v) is 11.0. The van der Waals surface area contributed by atoms with Gasteiger partial charge in [0.1, 0.15) is 5.01 Å². The zero-order valence-corrected chi connectivity index (χ0v) is 19.6. The molecule has 4 aromatic heterocycles. The molecule has 10 heteroatoms. The average Bonchev–Trinajstić information content (AvgIpc) is 3.50. The molecule has 5 rings (SSSR count). The number of nitrogens with one attached hydrogen (secondary N) is 1. The third kappa shape index (κ3) is 4.29. The molecule has 0 saturated heterocycles. The number of fused-ring (bicyclic) bond motifs is 2. The van der Waals surface area contributed by atoms with E-state index in [2.05, 4.69) is 21.5 Å². The first-order chi connectivity index (χ1) is 15.1. The van der Waals surface area contributed by atoms with Crippen LogP contribution >= 0.6 is 45.8 Å². The van der Waals surface area contributed by atoms with Gasteiger partial charge in [-0.25, -0.2) is 4.98 Å². The lowest BCUT2D eigenvalue weighted by Gasteiger charge is -2.03. The number of carbonyl (C=O) groups is 1. The van der Waals surface area contributed by atoms with Crippen LogP contribution in [0.2, 0.25) is 0 Å². The predicted molar refractivity (Wildman–Crippen MR) is 130 cm³/mol. The Morgan fingerprint density at radius 3 is 2.90 bits per heavy atom. The first kappa shape index (κ1) is 20.4. The van der Waals surface area contributed by atoms with E-state index < -0.39 is 0 Å². The van der Waals surface area contributed by atoms with Crippen molar-refractivity contribution < 1.29 is 4.79 Å². The minimum Gasteiger partial charge on any atom is -0.321 e. The molecule has 4 heterocycles. The number of aromatic nitrogens is 3. The van der Waals surface area contributed by atoms with Crippen molar-refractivity contribution in [1.29, 1.82) is 0 Å². The first-order valence-electron chi connectivity index (χ1n) is 9.49. The van der Waals surface area contributed by atoms with Crippen molar-refractivity contribution in [3.63, 3.8) is 0 Å². The zero-order valence-electron chi connectivity index (χ0n) is 16.3. The van der Waals surface area contributed by atoms with Crippen LogP contribution in [0, 0.1) is 0 Å². The Morgan fingerprint density at radius 1 is 1.19 bits per heavy atom. The van der Waals surface area contributed by atoms with Crippen molar-refractivity contribution in [1.82, 2.24) is 14.6 Å². The molecule has 0 aliphatic carbocycles. The quantitative estimate of drug-likeness (QED) is 0.321. The summed E-state index contributed by atoms with van der Waals surface area (Å²) in [5.41, 5.74) is 1.39. The number of thioether (sulfide) groups is 1. The van der Waals surface area contributed by atoms with Gasteiger partial charge in [-0.3, -0.25) is 9.59 Å². The third-order valence-corrected chi connectivity index (χ3v) is 8.76. The number of rotatable bonds is 6. The van der Waals surface area contributed by atoms with Gasteiger partial charge >= 0.3 is 0 Å². The van der Waals surface area contributed by atoms with E-state index >= 15 is 0 Å². The summed E-state index contributed by atoms with van der Waals surface area (Å²) in [6.45, 7) is 2.01. The van der Waals surface area contributed by atoms with Gasteiger partial charge in [-0.15, -0.1) is 34.4 Å². The van der Waals surface area contributed by atoms with Crippen molar-refractivity contribution in [2.24, 2.45) is 0 Å². The number of nitrogens with zero attached hydrogens (tertiary/aromatic N) is 3. The van der Waals surface area contributed by atoms with E-state index in [9.17, 15) is 9.59 Å². The number of thiophene rings is 2. The van der Waals surface area contributed by atoms with Gasteiger partial charge in [0.15, 0.2) is 0 Å². The summed E-state index contributed by atoms with van der Waals surface area (Å²) >= 11 is 6.20. The van der Waals surface area contributed by atoms with Crippen LogP contribution < -0.4 is 10.9 Å². The normalized spacial score (nSPS) is 11.4. The fourth-order valence-corrected chi connectivity index (χ4v) is 6.65. The molecular weight excluding hydrogens is 469 g/mol. The topological polar surface area (TPSA) is 76.4 Å². The van der Waals surface area contributed by atoms with Crippen LogP contribution in [-0.4, -0.2) is 20.5 Å². The molecular formula is C21H16N4O2S4. The van der Waals surface area contributed by atoms with Crippen molar-refractivity contribution in [3.8, 4) is 0 Å². The standard InChI is InChI=1S/C21H16N4O2S4/c1-2-17-24-25-18(26)10-14(23-21(25)31-17)11-29-19-8-12-5-6-13(9-16(12)30-19)22-20(27)15-4-3-7-28-15/h3-10H,2,11H2,1H3,(H,22,27). The molecule has 1 N–H and O–H groups in total.